The van der Waals surface area contributed by atoms with Crippen LogP contribution < -0.4 is 0 Å². The van der Waals surface area contributed by atoms with Crippen LogP contribution in [0.4, 0.5) is 0 Å². The predicted octanol–water partition coefficient (Wildman–Crippen LogP) is 5.50. The third-order valence-corrected chi connectivity index (χ3v) is 5.47. The zero-order valence-electron chi connectivity index (χ0n) is 15.1. The fourth-order valence-electron chi connectivity index (χ4n) is 3.60. The van der Waals surface area contributed by atoms with Crippen LogP contribution in [0.1, 0.15) is 43.7 Å². The molecule has 1 fully saturated rings. The first-order valence-corrected chi connectivity index (χ1v) is 9.74. The van der Waals surface area contributed by atoms with Crippen molar-refractivity contribution in [3.63, 3.8) is 0 Å². The molecule has 1 saturated heterocycles. The van der Waals surface area contributed by atoms with Gasteiger partial charge in [0, 0.05) is 11.6 Å². The van der Waals surface area contributed by atoms with E-state index in [1.54, 1.807) is 0 Å². The van der Waals surface area contributed by atoms with Crippen molar-refractivity contribution < 1.29 is 4.74 Å². The summed E-state index contributed by atoms with van der Waals surface area (Å²) in [6.07, 6.45) is 5.36. The van der Waals surface area contributed by atoms with Gasteiger partial charge in [0.1, 0.15) is 5.60 Å². The molecule has 1 aliphatic rings. The Kier molecular flexibility index (Phi) is 6.52. The van der Waals surface area contributed by atoms with E-state index in [0.717, 1.165) is 23.7 Å². The molecule has 0 spiro atoms. The molecule has 0 unspecified atom stereocenters. The highest BCUT2D eigenvalue weighted by Crippen LogP contribution is 2.34. The van der Waals surface area contributed by atoms with Crippen molar-refractivity contribution in [3.05, 3.63) is 70.7 Å². The Hall–Kier alpha value is -1.35. The molecule has 1 atom stereocenters. The van der Waals surface area contributed by atoms with E-state index in [1.807, 2.05) is 18.2 Å². The van der Waals surface area contributed by atoms with E-state index < -0.39 is 5.60 Å². The van der Waals surface area contributed by atoms with Crippen molar-refractivity contribution in [2.45, 2.75) is 38.2 Å². The summed E-state index contributed by atoms with van der Waals surface area (Å²) >= 11 is 6.08. The number of halogens is 1. The molecule has 0 aromatic heterocycles. The van der Waals surface area contributed by atoms with Gasteiger partial charge in [0.2, 0.25) is 0 Å². The minimum Gasteiger partial charge on any atom is -0.365 e. The summed E-state index contributed by atoms with van der Waals surface area (Å²) in [6, 6.07) is 18.5. The number of nitrogens with zero attached hydrogens (tertiary/aromatic N) is 1. The van der Waals surface area contributed by atoms with E-state index in [4.69, 9.17) is 16.3 Å². The highest BCUT2D eigenvalue weighted by Gasteiger charge is 2.30. The summed E-state index contributed by atoms with van der Waals surface area (Å²) in [6.45, 7) is 6.29. The van der Waals surface area contributed by atoms with Crippen LogP contribution in [0.5, 0.6) is 0 Å². The first kappa shape index (κ1) is 18.4. The molecule has 3 rings (SSSR count). The molecule has 25 heavy (non-hydrogen) atoms. The summed E-state index contributed by atoms with van der Waals surface area (Å²) in [7, 11) is 0. The van der Waals surface area contributed by atoms with Gasteiger partial charge in [-0.15, -0.1) is 0 Å². The normalized spacial score (nSPS) is 18.5. The Morgan fingerprint density at radius 3 is 2.12 bits per heavy atom. The molecule has 0 N–H and O–H groups in total. The van der Waals surface area contributed by atoms with Crippen LogP contribution >= 0.6 is 11.6 Å². The molecular weight excluding hydrogens is 330 g/mol. The molecule has 0 bridgehead atoms. The maximum atomic E-state index is 6.50. The van der Waals surface area contributed by atoms with E-state index in [0.29, 0.717) is 0 Å². The molecule has 1 heterocycles. The van der Waals surface area contributed by atoms with Gasteiger partial charge in [-0.3, -0.25) is 0 Å². The van der Waals surface area contributed by atoms with E-state index in [1.165, 1.54) is 44.3 Å². The van der Waals surface area contributed by atoms with Crippen molar-refractivity contribution in [1.29, 1.82) is 0 Å². The molecular formula is C22H28ClNO. The average Bonchev–Trinajstić information content (AvgIpc) is 2.92. The number of ether oxygens (including phenoxy) is 1. The minimum atomic E-state index is -0.461. The number of hydrogen-bond donors (Lipinski definition) is 0. The van der Waals surface area contributed by atoms with E-state index in [2.05, 4.69) is 48.2 Å². The highest BCUT2D eigenvalue weighted by molar-refractivity contribution is 6.30. The Morgan fingerprint density at radius 2 is 1.48 bits per heavy atom. The van der Waals surface area contributed by atoms with Crippen LogP contribution in [0.25, 0.3) is 0 Å². The molecule has 2 aromatic carbocycles. The van der Waals surface area contributed by atoms with Crippen molar-refractivity contribution >= 4 is 11.6 Å². The van der Waals surface area contributed by atoms with E-state index >= 15 is 0 Å². The zero-order chi connectivity index (χ0) is 17.5. The fourth-order valence-corrected chi connectivity index (χ4v) is 3.72. The summed E-state index contributed by atoms with van der Waals surface area (Å²) in [5.41, 5.74) is 1.85. The van der Waals surface area contributed by atoms with Crippen molar-refractivity contribution in [3.8, 4) is 0 Å². The van der Waals surface area contributed by atoms with Crippen LogP contribution in [-0.4, -0.2) is 31.1 Å². The third-order valence-electron chi connectivity index (χ3n) is 5.22. The highest BCUT2D eigenvalue weighted by atomic mass is 35.5. The van der Waals surface area contributed by atoms with Crippen LogP contribution in [0, 0.1) is 0 Å². The van der Waals surface area contributed by atoms with Gasteiger partial charge in [0.25, 0.3) is 0 Å². The number of likely N-dealkylation sites (tertiary alicyclic amines) is 1. The maximum absolute atomic E-state index is 6.50. The van der Waals surface area contributed by atoms with Gasteiger partial charge in [0.05, 0.1) is 6.61 Å². The van der Waals surface area contributed by atoms with Gasteiger partial charge in [-0.1, -0.05) is 66.9 Å². The van der Waals surface area contributed by atoms with Crippen molar-refractivity contribution in [1.82, 2.24) is 4.90 Å². The quantitative estimate of drug-likeness (QED) is 0.677. The summed E-state index contributed by atoms with van der Waals surface area (Å²) in [5.74, 6) is 0. The van der Waals surface area contributed by atoms with Crippen molar-refractivity contribution in [2.24, 2.45) is 0 Å². The van der Waals surface area contributed by atoms with Gasteiger partial charge in [-0.05, 0) is 56.1 Å². The molecule has 2 aromatic rings. The van der Waals surface area contributed by atoms with Crippen LogP contribution in [0.3, 0.4) is 0 Å². The van der Waals surface area contributed by atoms with Gasteiger partial charge in [-0.25, -0.2) is 0 Å². The third kappa shape index (κ3) is 4.84. The summed E-state index contributed by atoms with van der Waals surface area (Å²) < 4.78 is 6.50. The van der Waals surface area contributed by atoms with Gasteiger partial charge < -0.3 is 9.64 Å². The summed E-state index contributed by atoms with van der Waals surface area (Å²) in [4.78, 5) is 2.54. The molecule has 0 saturated carbocycles. The molecule has 0 amide bonds. The summed E-state index contributed by atoms with van der Waals surface area (Å²) in [5, 5.41) is 0.753. The van der Waals surface area contributed by atoms with Crippen LogP contribution in [0.15, 0.2) is 54.6 Å². The van der Waals surface area contributed by atoms with Gasteiger partial charge in [0.15, 0.2) is 0 Å². The lowest BCUT2D eigenvalue weighted by Crippen LogP contribution is -2.34. The number of rotatable bonds is 6. The molecule has 0 radical (unpaired) electrons. The SMILES string of the molecule is C[C@@](OCCN1CCCCCC1)(c1ccccc1)c1ccc(Cl)cc1. The predicted molar refractivity (Wildman–Crippen MR) is 105 cm³/mol. The Bertz CT molecular complexity index is 635. The van der Waals surface area contributed by atoms with Gasteiger partial charge >= 0.3 is 0 Å². The molecule has 2 nitrogen and oxygen atoms in total. The number of benzene rings is 2. The topological polar surface area (TPSA) is 12.5 Å². The maximum Gasteiger partial charge on any atom is 0.115 e. The van der Waals surface area contributed by atoms with Crippen LogP contribution in [0.2, 0.25) is 5.02 Å². The van der Waals surface area contributed by atoms with Gasteiger partial charge in [-0.2, -0.15) is 0 Å². The lowest BCUT2D eigenvalue weighted by atomic mass is 9.88. The van der Waals surface area contributed by atoms with Crippen LogP contribution in [-0.2, 0) is 10.3 Å². The first-order chi connectivity index (χ1) is 12.2. The smallest absolute Gasteiger partial charge is 0.115 e. The van der Waals surface area contributed by atoms with E-state index in [9.17, 15) is 0 Å². The lowest BCUT2D eigenvalue weighted by Gasteiger charge is -2.32. The second kappa shape index (κ2) is 8.84. The second-order valence-corrected chi connectivity index (χ2v) is 7.45. The Labute approximate surface area is 156 Å². The largest absolute Gasteiger partial charge is 0.365 e. The second-order valence-electron chi connectivity index (χ2n) is 7.01. The van der Waals surface area contributed by atoms with E-state index in [-0.39, 0.29) is 0 Å². The molecule has 3 heteroatoms. The number of hydrogen-bond acceptors (Lipinski definition) is 2. The molecule has 134 valence electrons. The zero-order valence-corrected chi connectivity index (χ0v) is 15.8. The molecule has 1 aliphatic heterocycles. The monoisotopic (exact) mass is 357 g/mol. The minimum absolute atomic E-state index is 0.461. The molecule has 0 aliphatic carbocycles. The fraction of sp³-hybridized carbons (Fsp3) is 0.455. The standard InChI is InChI=1S/C22H28ClNO/c1-22(19-9-5-4-6-10-19,20-11-13-21(23)14-12-20)25-18-17-24-15-7-2-3-8-16-24/h4-6,9-14H,2-3,7-8,15-18H2,1H3/t22-/m1/s1. The lowest BCUT2D eigenvalue weighted by molar-refractivity contribution is -0.0141. The first-order valence-electron chi connectivity index (χ1n) is 9.36. The van der Waals surface area contributed by atoms with Crippen molar-refractivity contribution in [2.75, 3.05) is 26.2 Å². The Balaban J connectivity index is 1.73. The average molecular weight is 358 g/mol. The Morgan fingerprint density at radius 1 is 0.880 bits per heavy atom.